The molecule has 2 aromatic rings. The summed E-state index contributed by atoms with van der Waals surface area (Å²) >= 11 is 0. The highest BCUT2D eigenvalue weighted by molar-refractivity contribution is 6.11. The van der Waals surface area contributed by atoms with Crippen LogP contribution in [0.25, 0.3) is 11.3 Å². The molecule has 1 aliphatic carbocycles. The van der Waals surface area contributed by atoms with Gasteiger partial charge in [-0.25, -0.2) is 4.98 Å². The number of ether oxygens (including phenoxy) is 1. The summed E-state index contributed by atoms with van der Waals surface area (Å²) < 4.78 is 5.68. The van der Waals surface area contributed by atoms with E-state index in [1.165, 1.54) is 18.5 Å². The quantitative estimate of drug-likeness (QED) is 0.371. The van der Waals surface area contributed by atoms with Crippen molar-refractivity contribution in [2.75, 3.05) is 12.4 Å². The fourth-order valence-electron chi connectivity index (χ4n) is 3.20. The maximum atomic E-state index is 12.0. The van der Waals surface area contributed by atoms with Crippen LogP contribution in [0.1, 0.15) is 42.4 Å². The van der Waals surface area contributed by atoms with Gasteiger partial charge in [0.1, 0.15) is 23.3 Å². The number of nitriles is 1. The van der Waals surface area contributed by atoms with Gasteiger partial charge in [0.25, 0.3) is 5.91 Å². The first-order chi connectivity index (χ1) is 15.4. The third kappa shape index (κ3) is 4.92. The maximum Gasteiger partial charge on any atom is 0.250 e. The Morgan fingerprint density at radius 1 is 1.47 bits per heavy atom. The van der Waals surface area contributed by atoms with Gasteiger partial charge in [-0.15, -0.1) is 0 Å². The summed E-state index contributed by atoms with van der Waals surface area (Å²) in [6.45, 7) is 3.79. The molecule has 0 bridgehead atoms. The number of carbonyl (C=O) groups is 1. The first kappa shape index (κ1) is 22.5. The Morgan fingerprint density at radius 2 is 2.22 bits per heavy atom. The third-order valence-corrected chi connectivity index (χ3v) is 5.00. The van der Waals surface area contributed by atoms with E-state index >= 15 is 0 Å². The normalized spacial score (nSPS) is 14.6. The van der Waals surface area contributed by atoms with E-state index in [2.05, 4.69) is 20.3 Å². The molecular weight excluding hydrogens is 406 g/mol. The van der Waals surface area contributed by atoms with Crippen LogP contribution >= 0.6 is 0 Å². The number of imidazole rings is 1. The second-order valence-corrected chi connectivity index (χ2v) is 7.32. The summed E-state index contributed by atoms with van der Waals surface area (Å²) in [4.78, 5) is 23.1. The molecule has 1 aromatic carbocycles. The molecule has 0 unspecified atom stereocenters. The Balaban J connectivity index is 2.08. The van der Waals surface area contributed by atoms with Crippen molar-refractivity contribution in [2.24, 2.45) is 16.6 Å². The number of hydrogen-bond donors (Lipinski definition) is 4. The molecule has 1 aliphatic rings. The van der Waals surface area contributed by atoms with Crippen molar-refractivity contribution in [3.8, 4) is 11.8 Å². The van der Waals surface area contributed by atoms with Gasteiger partial charge < -0.3 is 26.2 Å². The van der Waals surface area contributed by atoms with Crippen LogP contribution in [0, 0.1) is 29.6 Å². The molecule has 0 saturated heterocycles. The number of benzene rings is 1. The minimum Gasteiger partial charge on any atom is -0.494 e. The molecule has 32 heavy (non-hydrogen) atoms. The standard InChI is InChI=1S/C23H25N7O2/c1-4-14(10-24)20-13(2)5-8-17(21(20)32-3)29-18(22-27-12-16(11-25)28-22)9-19(26)30-23(31)15-6-7-15/h4-5,8-10,12,15,24,29H,6-7H2,1-3H3,(H,27,28)(H2,26,30,31)/b14-4+,18-9+,24-10?. The number of methoxy groups -OCH3 is 1. The molecule has 1 aromatic heterocycles. The lowest BCUT2D eigenvalue weighted by Gasteiger charge is -2.18. The smallest absolute Gasteiger partial charge is 0.250 e. The number of nitrogens with zero attached hydrogens (tertiary/aromatic N) is 3. The van der Waals surface area contributed by atoms with Crippen LogP contribution in [-0.2, 0) is 4.79 Å². The van der Waals surface area contributed by atoms with E-state index in [1.54, 1.807) is 7.11 Å². The zero-order valence-corrected chi connectivity index (χ0v) is 18.2. The molecule has 164 valence electrons. The molecular formula is C23H25N7O2. The van der Waals surface area contributed by atoms with Crippen molar-refractivity contribution >= 4 is 34.9 Å². The SMILES string of the molecule is C/C=C(\C=N)c1c(C)ccc(N/C(=C/C(N)=NC(=O)C2CC2)c2ncc(C#N)[nH]2)c1OC. The lowest BCUT2D eigenvalue weighted by Crippen LogP contribution is -2.15. The average Bonchev–Trinajstić information content (AvgIpc) is 3.53. The van der Waals surface area contributed by atoms with Crippen molar-refractivity contribution in [1.82, 2.24) is 9.97 Å². The Bertz CT molecular complexity index is 1180. The van der Waals surface area contributed by atoms with Gasteiger partial charge in [0.2, 0.25) is 0 Å². The first-order valence-corrected chi connectivity index (χ1v) is 10.1. The molecule has 1 fully saturated rings. The minimum atomic E-state index is -0.242. The highest BCUT2D eigenvalue weighted by Crippen LogP contribution is 2.37. The summed E-state index contributed by atoms with van der Waals surface area (Å²) in [6.07, 6.45) is 7.66. The van der Waals surface area contributed by atoms with Crippen LogP contribution in [-0.4, -0.2) is 35.0 Å². The number of nitrogens with two attached hydrogens (primary N) is 1. The Hall–Kier alpha value is -4.19. The highest BCUT2D eigenvalue weighted by atomic mass is 16.5. The van der Waals surface area contributed by atoms with Gasteiger partial charge >= 0.3 is 0 Å². The molecule has 0 spiro atoms. The summed E-state index contributed by atoms with van der Waals surface area (Å²) in [5, 5.41) is 20.1. The number of aryl methyl sites for hydroxylation is 1. The van der Waals surface area contributed by atoms with Gasteiger partial charge in [0.05, 0.1) is 24.7 Å². The minimum absolute atomic E-state index is 0.0271. The van der Waals surface area contributed by atoms with E-state index in [0.29, 0.717) is 28.5 Å². The number of allylic oxidation sites excluding steroid dienone is 2. The van der Waals surface area contributed by atoms with Gasteiger partial charge in [0, 0.05) is 23.8 Å². The summed E-state index contributed by atoms with van der Waals surface area (Å²) in [5.74, 6) is 0.617. The van der Waals surface area contributed by atoms with Crippen LogP contribution < -0.4 is 15.8 Å². The molecule has 5 N–H and O–H groups in total. The van der Waals surface area contributed by atoms with E-state index in [4.69, 9.17) is 21.1 Å². The van der Waals surface area contributed by atoms with Gasteiger partial charge in [-0.2, -0.15) is 10.3 Å². The average molecular weight is 432 g/mol. The van der Waals surface area contributed by atoms with Crippen LogP contribution in [0.2, 0.25) is 0 Å². The fraction of sp³-hybridized carbons (Fsp3) is 0.261. The Morgan fingerprint density at radius 3 is 2.78 bits per heavy atom. The largest absolute Gasteiger partial charge is 0.494 e. The second-order valence-electron chi connectivity index (χ2n) is 7.32. The van der Waals surface area contributed by atoms with Gasteiger partial charge in [-0.3, -0.25) is 4.79 Å². The van der Waals surface area contributed by atoms with Gasteiger partial charge in [-0.1, -0.05) is 12.1 Å². The Kier molecular flexibility index (Phi) is 6.85. The van der Waals surface area contributed by atoms with E-state index in [9.17, 15) is 4.79 Å². The van der Waals surface area contributed by atoms with E-state index < -0.39 is 0 Å². The summed E-state index contributed by atoms with van der Waals surface area (Å²) in [5.41, 5.74) is 9.71. The first-order valence-electron chi connectivity index (χ1n) is 10.1. The second kappa shape index (κ2) is 9.75. The zero-order valence-electron chi connectivity index (χ0n) is 18.2. The third-order valence-electron chi connectivity index (χ3n) is 5.00. The van der Waals surface area contributed by atoms with Gasteiger partial charge in [0.15, 0.2) is 5.82 Å². The highest BCUT2D eigenvalue weighted by Gasteiger charge is 2.29. The van der Waals surface area contributed by atoms with E-state index in [-0.39, 0.29) is 23.4 Å². The molecule has 9 nitrogen and oxygen atoms in total. The van der Waals surface area contributed by atoms with Crippen molar-refractivity contribution in [1.29, 1.82) is 10.7 Å². The van der Waals surface area contributed by atoms with Crippen LogP contribution in [0.3, 0.4) is 0 Å². The predicted molar refractivity (Wildman–Crippen MR) is 124 cm³/mol. The lowest BCUT2D eigenvalue weighted by atomic mass is 9.98. The number of aromatic amines is 1. The molecule has 0 radical (unpaired) electrons. The molecule has 9 heteroatoms. The summed E-state index contributed by atoms with van der Waals surface area (Å²) in [6, 6.07) is 5.74. The number of anilines is 1. The van der Waals surface area contributed by atoms with Crippen molar-refractivity contribution in [3.05, 3.63) is 53.1 Å². The maximum absolute atomic E-state index is 12.0. The predicted octanol–water partition coefficient (Wildman–Crippen LogP) is 3.40. The number of carbonyl (C=O) groups excluding carboxylic acids is 1. The van der Waals surface area contributed by atoms with Crippen molar-refractivity contribution < 1.29 is 9.53 Å². The molecule has 0 aliphatic heterocycles. The van der Waals surface area contributed by atoms with E-state index in [0.717, 1.165) is 24.0 Å². The monoisotopic (exact) mass is 431 g/mol. The zero-order chi connectivity index (χ0) is 23.3. The van der Waals surface area contributed by atoms with Crippen LogP contribution in [0.5, 0.6) is 5.75 Å². The molecule has 1 saturated carbocycles. The van der Waals surface area contributed by atoms with Crippen molar-refractivity contribution in [2.45, 2.75) is 26.7 Å². The summed E-state index contributed by atoms with van der Waals surface area (Å²) in [7, 11) is 1.55. The lowest BCUT2D eigenvalue weighted by molar-refractivity contribution is -0.118. The van der Waals surface area contributed by atoms with Crippen LogP contribution in [0.4, 0.5) is 5.69 Å². The van der Waals surface area contributed by atoms with Crippen LogP contribution in [0.15, 0.2) is 35.5 Å². The fourth-order valence-corrected chi connectivity index (χ4v) is 3.20. The Labute approximate surface area is 186 Å². The van der Waals surface area contributed by atoms with Crippen molar-refractivity contribution in [3.63, 3.8) is 0 Å². The molecule has 0 atom stereocenters. The number of H-pyrrole nitrogens is 1. The number of amidine groups is 1. The van der Waals surface area contributed by atoms with Gasteiger partial charge in [-0.05, 0) is 43.9 Å². The number of hydrogen-bond acceptors (Lipinski definition) is 6. The number of aromatic nitrogens is 2. The number of amides is 1. The number of rotatable bonds is 8. The number of aliphatic imine (C=N–C) groups is 1. The molecule has 3 rings (SSSR count). The molecule has 1 amide bonds. The molecule has 1 heterocycles. The van der Waals surface area contributed by atoms with E-state index in [1.807, 2.05) is 38.1 Å². The number of nitrogens with one attached hydrogen (secondary N) is 3. The topological polar surface area (TPSA) is 153 Å².